The number of aliphatic imine (C=N–C) groups is 1. The monoisotopic (exact) mass is 536 g/mol. The molecule has 38 heavy (non-hydrogen) atoms. The molecule has 2 atom stereocenters. The quantitative estimate of drug-likeness (QED) is 0.223. The van der Waals surface area contributed by atoms with E-state index in [1.54, 1.807) is 6.21 Å². The summed E-state index contributed by atoms with van der Waals surface area (Å²) in [6.45, 7) is 14.5. The molecule has 1 aliphatic heterocycles. The van der Waals surface area contributed by atoms with Crippen LogP contribution in [-0.2, 0) is 10.5 Å². The summed E-state index contributed by atoms with van der Waals surface area (Å²) in [6.07, 6.45) is 12.5. The fourth-order valence-electron chi connectivity index (χ4n) is 4.22. The number of nitrogens with one attached hydrogen (secondary N) is 1. The van der Waals surface area contributed by atoms with Crippen LogP contribution >= 0.6 is 11.8 Å². The van der Waals surface area contributed by atoms with Gasteiger partial charge in [0.1, 0.15) is 0 Å². The highest BCUT2D eigenvalue weighted by Gasteiger charge is 2.22. The van der Waals surface area contributed by atoms with Crippen molar-refractivity contribution in [1.29, 1.82) is 0 Å². The number of unbranched alkanes of at least 4 members (excludes halogenated alkanes) is 1. The summed E-state index contributed by atoms with van der Waals surface area (Å²) in [4.78, 5) is 4.33. The molecule has 0 amide bonds. The van der Waals surface area contributed by atoms with Gasteiger partial charge in [0.25, 0.3) is 0 Å². The molecule has 5 nitrogen and oxygen atoms in total. The lowest BCUT2D eigenvalue weighted by Crippen LogP contribution is -2.11. The molecule has 1 saturated heterocycles. The Balaban J connectivity index is 0.000000275. The third-order valence-corrected chi connectivity index (χ3v) is 7.82. The van der Waals surface area contributed by atoms with E-state index in [1.807, 2.05) is 31.7 Å². The van der Waals surface area contributed by atoms with Crippen LogP contribution < -0.4 is 5.73 Å². The van der Waals surface area contributed by atoms with Gasteiger partial charge in [0, 0.05) is 51.5 Å². The number of thioether (sulfide) groups is 1. The number of H-pyrrole nitrogens is 1. The molecular weight excluding hydrogens is 488 g/mol. The van der Waals surface area contributed by atoms with E-state index in [1.165, 1.54) is 35.2 Å². The molecule has 0 spiro atoms. The zero-order valence-electron chi connectivity index (χ0n) is 24.5. The first kappa shape index (κ1) is 31.6. The average Bonchev–Trinajstić information content (AvgIpc) is 3.51. The Morgan fingerprint density at radius 1 is 1.21 bits per heavy atom. The molecule has 1 aliphatic rings. The van der Waals surface area contributed by atoms with Crippen LogP contribution in [0.25, 0.3) is 11.3 Å². The number of hydrogen-bond donors (Lipinski definition) is 2. The minimum absolute atomic E-state index is 0.428. The standard InChI is InChI=1S/C17H22N2OS.C15H26N2/c1-12-8-9-15(20-12)10-21-11-16-13(2)18-19-17(16)14-6-4-3-5-7-14;1-6-9-10-11-14(13(5)17-8-3)15(16)12(4)7-2/h3-7,12,15H,8-11H2,1-2H3,(H,18,19);8,10-11H,6-7,9,16H2,1-5H3/b;11-10-,14-13-,15-12-,17-8?. The average molecular weight is 537 g/mol. The molecule has 3 rings (SSSR count). The molecule has 2 aromatic rings. The third kappa shape index (κ3) is 9.95. The van der Waals surface area contributed by atoms with Crippen LogP contribution in [0.4, 0.5) is 0 Å². The van der Waals surface area contributed by atoms with Crippen molar-refractivity contribution in [2.75, 3.05) is 5.75 Å². The van der Waals surface area contributed by atoms with Crippen molar-refractivity contribution in [3.63, 3.8) is 0 Å². The van der Waals surface area contributed by atoms with Gasteiger partial charge in [-0.3, -0.25) is 10.1 Å². The van der Waals surface area contributed by atoms with Gasteiger partial charge in [-0.05, 0) is 65.9 Å². The molecule has 0 saturated carbocycles. The number of aromatic amines is 1. The molecule has 1 fully saturated rings. The van der Waals surface area contributed by atoms with Gasteiger partial charge < -0.3 is 10.5 Å². The molecule has 6 heteroatoms. The van der Waals surface area contributed by atoms with Gasteiger partial charge >= 0.3 is 0 Å². The van der Waals surface area contributed by atoms with Crippen LogP contribution in [0.2, 0.25) is 0 Å². The van der Waals surface area contributed by atoms with Gasteiger partial charge in [-0.1, -0.05) is 62.8 Å². The summed E-state index contributed by atoms with van der Waals surface area (Å²) >= 11 is 1.95. The highest BCUT2D eigenvalue weighted by molar-refractivity contribution is 7.98. The number of allylic oxidation sites excluding steroid dienone is 4. The van der Waals surface area contributed by atoms with E-state index in [-0.39, 0.29) is 0 Å². The fraction of sp³-hybridized carbons (Fsp3) is 0.500. The zero-order chi connectivity index (χ0) is 27.9. The van der Waals surface area contributed by atoms with E-state index in [4.69, 9.17) is 10.5 Å². The molecule has 0 bridgehead atoms. The fourth-order valence-corrected chi connectivity index (χ4v) is 5.40. The van der Waals surface area contributed by atoms with E-state index in [0.29, 0.717) is 12.2 Å². The van der Waals surface area contributed by atoms with Crippen LogP contribution in [0.15, 0.2) is 70.0 Å². The smallest absolute Gasteiger partial charge is 0.0963 e. The van der Waals surface area contributed by atoms with Gasteiger partial charge in [-0.25, -0.2) is 0 Å². The van der Waals surface area contributed by atoms with Crippen LogP contribution in [0, 0.1) is 6.92 Å². The van der Waals surface area contributed by atoms with Gasteiger partial charge in [-0.15, -0.1) is 0 Å². The van der Waals surface area contributed by atoms with Crippen LogP contribution in [-0.4, -0.2) is 34.4 Å². The van der Waals surface area contributed by atoms with E-state index >= 15 is 0 Å². The SMILES string of the molecule is CC=N/C(C)=C(/C=C\CCC)C(\N)=C(/C)CC.Cc1[nH]nc(-c2ccccc2)c1CSCC1CCC(C)O1. The van der Waals surface area contributed by atoms with Crippen LogP contribution in [0.3, 0.4) is 0 Å². The van der Waals surface area contributed by atoms with Crippen molar-refractivity contribution >= 4 is 18.0 Å². The molecule has 208 valence electrons. The van der Waals surface area contributed by atoms with Crippen molar-refractivity contribution in [1.82, 2.24) is 10.2 Å². The normalized spacial score (nSPS) is 18.9. The summed E-state index contributed by atoms with van der Waals surface area (Å²) in [5.41, 5.74) is 15.0. The van der Waals surface area contributed by atoms with E-state index in [2.05, 4.69) is 86.2 Å². The Hall–Kier alpha value is -2.57. The number of nitrogens with zero attached hydrogens (tertiary/aromatic N) is 2. The lowest BCUT2D eigenvalue weighted by atomic mass is 10.0. The van der Waals surface area contributed by atoms with Crippen molar-refractivity contribution in [2.45, 2.75) is 98.5 Å². The second-order valence-corrected chi connectivity index (χ2v) is 10.9. The summed E-state index contributed by atoms with van der Waals surface area (Å²) < 4.78 is 5.88. The Morgan fingerprint density at radius 2 is 1.95 bits per heavy atom. The summed E-state index contributed by atoms with van der Waals surface area (Å²) in [7, 11) is 0. The lowest BCUT2D eigenvalue weighted by Gasteiger charge is -2.11. The van der Waals surface area contributed by atoms with Crippen molar-refractivity contribution in [3.8, 4) is 11.3 Å². The molecule has 1 aromatic heterocycles. The minimum Gasteiger partial charge on any atom is -0.398 e. The Kier molecular flexibility index (Phi) is 14.2. The van der Waals surface area contributed by atoms with E-state index in [9.17, 15) is 0 Å². The minimum atomic E-state index is 0.428. The second-order valence-electron chi connectivity index (χ2n) is 9.83. The maximum atomic E-state index is 6.18. The summed E-state index contributed by atoms with van der Waals surface area (Å²) in [5.74, 6) is 2.06. The van der Waals surface area contributed by atoms with Crippen LogP contribution in [0.1, 0.15) is 84.9 Å². The first-order valence-corrected chi connectivity index (χ1v) is 15.1. The lowest BCUT2D eigenvalue weighted by molar-refractivity contribution is 0.0700. The molecule has 0 radical (unpaired) electrons. The predicted molar refractivity (Wildman–Crippen MR) is 167 cm³/mol. The molecule has 1 aromatic carbocycles. The van der Waals surface area contributed by atoms with Crippen molar-refractivity contribution in [2.24, 2.45) is 10.7 Å². The van der Waals surface area contributed by atoms with Crippen molar-refractivity contribution in [3.05, 3.63) is 76.3 Å². The maximum Gasteiger partial charge on any atom is 0.0963 e. The third-order valence-electron chi connectivity index (χ3n) is 6.72. The number of nitrogens with two attached hydrogens (primary N) is 1. The van der Waals surface area contributed by atoms with Gasteiger partial charge in [0.2, 0.25) is 0 Å². The van der Waals surface area contributed by atoms with Gasteiger partial charge in [0.15, 0.2) is 0 Å². The number of rotatable bonds is 11. The van der Waals surface area contributed by atoms with Gasteiger partial charge in [0.05, 0.1) is 17.9 Å². The molecule has 0 aliphatic carbocycles. The zero-order valence-corrected chi connectivity index (χ0v) is 25.3. The van der Waals surface area contributed by atoms with Gasteiger partial charge in [-0.2, -0.15) is 16.9 Å². The first-order chi connectivity index (χ1) is 18.3. The van der Waals surface area contributed by atoms with Crippen LogP contribution in [0.5, 0.6) is 0 Å². The molecular formula is C32H48N4OS. The Morgan fingerprint density at radius 3 is 2.55 bits per heavy atom. The Labute approximate surface area is 235 Å². The number of aromatic nitrogens is 2. The Bertz CT molecular complexity index is 1100. The maximum absolute atomic E-state index is 6.18. The summed E-state index contributed by atoms with van der Waals surface area (Å²) in [5, 5.41) is 7.61. The number of aryl methyl sites for hydroxylation is 1. The largest absolute Gasteiger partial charge is 0.398 e. The molecule has 3 N–H and O–H groups in total. The number of hydrogen-bond acceptors (Lipinski definition) is 5. The number of ether oxygens (including phenoxy) is 1. The highest BCUT2D eigenvalue weighted by Crippen LogP contribution is 2.29. The molecule has 2 heterocycles. The van der Waals surface area contributed by atoms with E-state index in [0.717, 1.165) is 53.4 Å². The summed E-state index contributed by atoms with van der Waals surface area (Å²) in [6, 6.07) is 10.4. The predicted octanol–water partition coefficient (Wildman–Crippen LogP) is 8.54. The second kappa shape index (κ2) is 17.1. The molecule has 2 unspecified atom stereocenters. The van der Waals surface area contributed by atoms with Crippen molar-refractivity contribution < 1.29 is 4.74 Å². The number of benzene rings is 1. The highest BCUT2D eigenvalue weighted by atomic mass is 32.2. The first-order valence-electron chi connectivity index (χ1n) is 14.0. The topological polar surface area (TPSA) is 76.3 Å². The van der Waals surface area contributed by atoms with E-state index < -0.39 is 0 Å².